The van der Waals surface area contributed by atoms with Crippen LogP contribution in [0.25, 0.3) is 0 Å². The Morgan fingerprint density at radius 1 is 1.20 bits per heavy atom. The van der Waals surface area contributed by atoms with Crippen molar-refractivity contribution in [3.8, 4) is 11.5 Å². The quantitative estimate of drug-likeness (QED) is 0.414. The Labute approximate surface area is 169 Å². The molecule has 1 aromatic rings. The molecule has 0 bridgehead atoms. The van der Waals surface area contributed by atoms with Crippen molar-refractivity contribution in [2.45, 2.75) is 39.7 Å². The number of benzene rings is 1. The van der Waals surface area contributed by atoms with Crippen LogP contribution < -0.4 is 14.8 Å². The van der Waals surface area contributed by atoms with E-state index in [9.17, 15) is 0 Å². The molecule has 2 rings (SSSR count). The van der Waals surface area contributed by atoms with Crippen LogP contribution in [-0.4, -0.2) is 50.8 Å². The summed E-state index contributed by atoms with van der Waals surface area (Å²) in [6, 6.07) is 5.89. The third kappa shape index (κ3) is 4.33. The molecule has 0 radical (unpaired) electrons. The number of likely N-dealkylation sites (tertiary alicyclic amines) is 1. The molecule has 6 heteroatoms. The zero-order valence-corrected chi connectivity index (χ0v) is 18.8. The van der Waals surface area contributed by atoms with Crippen molar-refractivity contribution in [1.82, 2.24) is 10.2 Å². The van der Waals surface area contributed by atoms with E-state index in [1.165, 1.54) is 0 Å². The molecule has 0 aliphatic carbocycles. The first-order valence-corrected chi connectivity index (χ1v) is 8.46. The van der Waals surface area contributed by atoms with Gasteiger partial charge in [0, 0.05) is 31.1 Å². The van der Waals surface area contributed by atoms with Crippen LogP contribution in [-0.2, 0) is 6.42 Å². The first-order chi connectivity index (χ1) is 11.3. The predicted molar refractivity (Wildman–Crippen MR) is 115 cm³/mol. The average molecular weight is 461 g/mol. The molecular weight excluding hydrogens is 429 g/mol. The predicted octanol–water partition coefficient (Wildman–Crippen LogP) is 3.56. The summed E-state index contributed by atoms with van der Waals surface area (Å²) in [5, 5.41) is 3.48. The van der Waals surface area contributed by atoms with Gasteiger partial charge in [0.15, 0.2) is 5.96 Å². The van der Waals surface area contributed by atoms with E-state index in [1.807, 2.05) is 25.2 Å². The van der Waals surface area contributed by atoms with Gasteiger partial charge in [-0.2, -0.15) is 0 Å². The molecule has 0 amide bonds. The first-order valence-electron chi connectivity index (χ1n) is 8.46. The summed E-state index contributed by atoms with van der Waals surface area (Å²) < 4.78 is 10.8. The molecule has 1 fully saturated rings. The van der Waals surface area contributed by atoms with Crippen LogP contribution in [0, 0.1) is 5.41 Å². The molecule has 0 saturated carbocycles. The molecule has 1 aliphatic heterocycles. The fourth-order valence-electron chi connectivity index (χ4n) is 3.08. The normalized spacial score (nSPS) is 18.0. The van der Waals surface area contributed by atoms with Gasteiger partial charge in [-0.1, -0.05) is 13.8 Å². The highest BCUT2D eigenvalue weighted by Gasteiger charge is 2.53. The number of methoxy groups -OCH3 is 2. The summed E-state index contributed by atoms with van der Waals surface area (Å²) in [6.45, 7) is 11.0. The Hall–Kier alpha value is -1.18. The molecular formula is C19H32IN3O2. The van der Waals surface area contributed by atoms with Crippen LogP contribution in [0.3, 0.4) is 0 Å². The van der Waals surface area contributed by atoms with Crippen LogP contribution in [0.1, 0.15) is 33.3 Å². The number of nitrogens with one attached hydrogen (secondary N) is 1. The highest BCUT2D eigenvalue weighted by atomic mass is 127. The van der Waals surface area contributed by atoms with Crippen LogP contribution in [0.2, 0.25) is 0 Å². The summed E-state index contributed by atoms with van der Waals surface area (Å²) in [4.78, 5) is 6.80. The molecule has 1 aliphatic rings. The number of hydrogen-bond acceptors (Lipinski definition) is 3. The van der Waals surface area contributed by atoms with Crippen molar-refractivity contribution in [2.24, 2.45) is 10.4 Å². The molecule has 142 valence electrons. The zero-order chi connectivity index (χ0) is 18.0. The summed E-state index contributed by atoms with van der Waals surface area (Å²) in [5.41, 5.74) is 1.52. The fourth-order valence-corrected chi connectivity index (χ4v) is 3.08. The number of hydrogen-bond donors (Lipinski definition) is 1. The van der Waals surface area contributed by atoms with Crippen molar-refractivity contribution in [3.63, 3.8) is 0 Å². The molecule has 5 nitrogen and oxygen atoms in total. The molecule has 0 spiro atoms. The van der Waals surface area contributed by atoms with Crippen molar-refractivity contribution >= 4 is 29.9 Å². The Kier molecular flexibility index (Phi) is 7.40. The molecule has 25 heavy (non-hydrogen) atoms. The monoisotopic (exact) mass is 461 g/mol. The van der Waals surface area contributed by atoms with Gasteiger partial charge in [0.05, 0.1) is 14.2 Å². The van der Waals surface area contributed by atoms with E-state index in [4.69, 9.17) is 9.47 Å². The van der Waals surface area contributed by atoms with Gasteiger partial charge in [-0.3, -0.25) is 4.99 Å². The number of ether oxygens (including phenoxy) is 2. The highest BCUT2D eigenvalue weighted by molar-refractivity contribution is 14.0. The second kappa shape index (κ2) is 8.47. The lowest BCUT2D eigenvalue weighted by Crippen LogP contribution is -2.72. The van der Waals surface area contributed by atoms with E-state index in [2.05, 4.69) is 42.9 Å². The molecule has 1 heterocycles. The van der Waals surface area contributed by atoms with Crippen LogP contribution in [0.5, 0.6) is 11.5 Å². The van der Waals surface area contributed by atoms with Crippen molar-refractivity contribution in [2.75, 3.05) is 34.4 Å². The van der Waals surface area contributed by atoms with E-state index in [-0.39, 0.29) is 29.5 Å². The van der Waals surface area contributed by atoms with Crippen molar-refractivity contribution < 1.29 is 9.47 Å². The fraction of sp³-hybridized carbons (Fsp3) is 0.632. The molecule has 1 aromatic carbocycles. The number of guanidine groups is 1. The standard InChI is InChI=1S/C19H31N3O2.HI/c1-18(2)13-22(19(18,3)4)17(20-5)21-11-10-14-12-15(23-6)8-9-16(14)24-7;/h8-9,12H,10-11,13H2,1-7H3,(H,20,21);1H. The number of rotatable bonds is 5. The lowest BCUT2D eigenvalue weighted by molar-refractivity contribution is -0.0666. The Morgan fingerprint density at radius 2 is 1.88 bits per heavy atom. The topological polar surface area (TPSA) is 46.1 Å². The maximum Gasteiger partial charge on any atom is 0.194 e. The molecule has 1 saturated heterocycles. The zero-order valence-electron chi connectivity index (χ0n) is 16.5. The minimum absolute atomic E-state index is 0. The number of nitrogens with zero attached hydrogens (tertiary/aromatic N) is 2. The maximum atomic E-state index is 5.44. The van der Waals surface area contributed by atoms with Gasteiger partial charge >= 0.3 is 0 Å². The average Bonchev–Trinajstić information content (AvgIpc) is 2.57. The second-order valence-electron chi connectivity index (χ2n) is 7.43. The van der Waals surface area contributed by atoms with Gasteiger partial charge in [-0.05, 0) is 44.0 Å². The van der Waals surface area contributed by atoms with Crippen LogP contribution >= 0.6 is 24.0 Å². The van der Waals surface area contributed by atoms with Gasteiger partial charge < -0.3 is 19.7 Å². The summed E-state index contributed by atoms with van der Waals surface area (Å²) in [7, 11) is 5.22. The largest absolute Gasteiger partial charge is 0.497 e. The minimum Gasteiger partial charge on any atom is -0.497 e. The second-order valence-corrected chi connectivity index (χ2v) is 7.43. The lowest BCUT2D eigenvalue weighted by atomic mass is 9.65. The van der Waals surface area contributed by atoms with Crippen LogP contribution in [0.15, 0.2) is 23.2 Å². The smallest absolute Gasteiger partial charge is 0.194 e. The van der Waals surface area contributed by atoms with E-state index in [1.54, 1.807) is 14.2 Å². The summed E-state index contributed by atoms with van der Waals surface area (Å²) >= 11 is 0. The SMILES string of the molecule is CN=C(NCCc1cc(OC)ccc1OC)N1CC(C)(C)C1(C)C.I. The molecule has 0 unspecified atom stereocenters. The lowest BCUT2D eigenvalue weighted by Gasteiger charge is -2.62. The Balaban J connectivity index is 0.00000312. The van der Waals surface area contributed by atoms with Gasteiger partial charge in [0.1, 0.15) is 11.5 Å². The molecule has 0 atom stereocenters. The maximum absolute atomic E-state index is 5.44. The molecule has 1 N–H and O–H groups in total. The third-order valence-electron chi connectivity index (χ3n) is 5.52. The van der Waals surface area contributed by atoms with Gasteiger partial charge in [-0.25, -0.2) is 0 Å². The van der Waals surface area contributed by atoms with E-state index >= 15 is 0 Å². The van der Waals surface area contributed by atoms with Crippen molar-refractivity contribution in [1.29, 1.82) is 0 Å². The van der Waals surface area contributed by atoms with Gasteiger partial charge in [0.25, 0.3) is 0 Å². The first kappa shape index (κ1) is 21.9. The summed E-state index contributed by atoms with van der Waals surface area (Å²) in [5.74, 6) is 2.69. The van der Waals surface area contributed by atoms with E-state index < -0.39 is 0 Å². The number of aliphatic imine (C=N–C) groups is 1. The highest BCUT2D eigenvalue weighted by Crippen LogP contribution is 2.46. The van der Waals surface area contributed by atoms with E-state index in [0.29, 0.717) is 5.41 Å². The molecule has 0 aromatic heterocycles. The van der Waals surface area contributed by atoms with Gasteiger partial charge in [-0.15, -0.1) is 24.0 Å². The minimum atomic E-state index is 0. The third-order valence-corrected chi connectivity index (χ3v) is 5.52. The Bertz CT molecular complexity index is 615. The van der Waals surface area contributed by atoms with Gasteiger partial charge in [0.2, 0.25) is 0 Å². The van der Waals surface area contributed by atoms with E-state index in [0.717, 1.165) is 42.5 Å². The Morgan fingerprint density at radius 3 is 2.36 bits per heavy atom. The van der Waals surface area contributed by atoms with Crippen molar-refractivity contribution in [3.05, 3.63) is 23.8 Å². The summed E-state index contributed by atoms with van der Waals surface area (Å²) in [6.07, 6.45) is 0.844. The number of halogens is 1. The van der Waals surface area contributed by atoms with Crippen LogP contribution in [0.4, 0.5) is 0 Å².